The van der Waals surface area contributed by atoms with Crippen LogP contribution in [0.5, 0.6) is 0 Å². The number of hydrogen-bond donors (Lipinski definition) is 2. The van der Waals surface area contributed by atoms with E-state index >= 15 is 0 Å². The van der Waals surface area contributed by atoms with E-state index in [2.05, 4.69) is 5.32 Å². The van der Waals surface area contributed by atoms with Crippen LogP contribution in [0.25, 0.3) is 0 Å². The molecule has 0 fully saturated rings. The Balaban J connectivity index is 3.12. The molecule has 0 radical (unpaired) electrons. The second-order valence-corrected chi connectivity index (χ2v) is 4.34. The summed E-state index contributed by atoms with van der Waals surface area (Å²) in [6, 6.07) is 2.64. The van der Waals surface area contributed by atoms with Gasteiger partial charge in [0.15, 0.2) is 0 Å². The zero-order valence-corrected chi connectivity index (χ0v) is 10.8. The van der Waals surface area contributed by atoms with Gasteiger partial charge in [0.05, 0.1) is 15.0 Å². The first kappa shape index (κ1) is 14.0. The fourth-order valence-electron chi connectivity index (χ4n) is 1.35. The molecule has 0 heterocycles. The Morgan fingerprint density at radius 2 is 2.06 bits per heavy atom. The van der Waals surface area contributed by atoms with Gasteiger partial charge < -0.3 is 11.1 Å². The van der Waals surface area contributed by atoms with Crippen molar-refractivity contribution in [2.24, 2.45) is 5.73 Å². The van der Waals surface area contributed by atoms with Crippen LogP contribution in [0.1, 0.15) is 13.3 Å². The van der Waals surface area contributed by atoms with E-state index in [0.717, 1.165) is 6.42 Å². The predicted octanol–water partition coefficient (Wildman–Crippen LogP) is 3.05. The molecule has 1 aromatic carbocycles. The molecule has 1 atom stereocenters. The minimum atomic E-state index is -0.506. The highest BCUT2D eigenvalue weighted by atomic mass is 35.5. The van der Waals surface area contributed by atoms with Crippen molar-refractivity contribution in [3.8, 4) is 0 Å². The number of rotatable bonds is 5. The monoisotopic (exact) mass is 277 g/mol. The molecule has 0 aliphatic rings. The summed E-state index contributed by atoms with van der Waals surface area (Å²) < 4.78 is 0. The van der Waals surface area contributed by atoms with Gasteiger partial charge in [-0.05, 0) is 12.5 Å². The summed E-state index contributed by atoms with van der Waals surface area (Å²) in [6.45, 7) is 2.32. The first-order valence-electron chi connectivity index (χ1n) is 5.09. The lowest BCUT2D eigenvalue weighted by molar-refractivity contribution is -0.384. The number of hydrogen-bond acceptors (Lipinski definition) is 4. The van der Waals surface area contributed by atoms with Gasteiger partial charge in [-0.25, -0.2) is 0 Å². The van der Waals surface area contributed by atoms with E-state index in [1.54, 1.807) is 0 Å². The maximum Gasteiger partial charge on any atom is 0.293 e. The maximum absolute atomic E-state index is 10.9. The molecule has 1 rings (SSSR count). The van der Waals surface area contributed by atoms with Gasteiger partial charge in [-0.2, -0.15) is 0 Å². The van der Waals surface area contributed by atoms with E-state index in [4.69, 9.17) is 28.9 Å². The highest BCUT2D eigenvalue weighted by Gasteiger charge is 2.18. The summed E-state index contributed by atoms with van der Waals surface area (Å²) in [6.07, 6.45) is 0.758. The minimum absolute atomic E-state index is 0.0362. The van der Waals surface area contributed by atoms with Crippen molar-refractivity contribution in [3.05, 3.63) is 32.3 Å². The van der Waals surface area contributed by atoms with Crippen LogP contribution in [-0.2, 0) is 0 Å². The molecule has 3 N–H and O–H groups in total. The van der Waals surface area contributed by atoms with Gasteiger partial charge in [0.1, 0.15) is 5.69 Å². The second kappa shape index (κ2) is 6.05. The first-order chi connectivity index (χ1) is 7.99. The van der Waals surface area contributed by atoms with Crippen LogP contribution in [-0.4, -0.2) is 17.5 Å². The molecule has 0 aliphatic carbocycles. The highest BCUT2D eigenvalue weighted by molar-refractivity contribution is 6.42. The van der Waals surface area contributed by atoms with E-state index in [0.29, 0.717) is 12.2 Å². The van der Waals surface area contributed by atoms with E-state index in [9.17, 15) is 10.1 Å². The smallest absolute Gasteiger partial charge is 0.293 e. The van der Waals surface area contributed by atoms with Crippen LogP contribution in [0.2, 0.25) is 10.0 Å². The lowest BCUT2D eigenvalue weighted by atomic mass is 10.2. The number of nitrogens with one attached hydrogen (secondary N) is 1. The molecule has 0 amide bonds. The maximum atomic E-state index is 10.9. The Kier molecular flexibility index (Phi) is 4.99. The second-order valence-electron chi connectivity index (χ2n) is 3.53. The van der Waals surface area contributed by atoms with Crippen molar-refractivity contribution in [1.82, 2.24) is 0 Å². The molecule has 5 nitrogen and oxygen atoms in total. The van der Waals surface area contributed by atoms with Crippen LogP contribution in [0, 0.1) is 10.1 Å². The average Bonchev–Trinajstić information content (AvgIpc) is 2.29. The highest BCUT2D eigenvalue weighted by Crippen LogP contribution is 2.34. The molecule has 1 unspecified atom stereocenters. The lowest BCUT2D eigenvalue weighted by Gasteiger charge is -2.16. The summed E-state index contributed by atoms with van der Waals surface area (Å²) in [5.41, 5.74) is 5.76. The van der Waals surface area contributed by atoms with E-state index in [-0.39, 0.29) is 21.8 Å². The van der Waals surface area contributed by atoms with Gasteiger partial charge in [0, 0.05) is 18.7 Å². The van der Waals surface area contributed by atoms with Crippen LogP contribution in [0.4, 0.5) is 11.4 Å². The van der Waals surface area contributed by atoms with Gasteiger partial charge in [-0.1, -0.05) is 30.1 Å². The summed E-state index contributed by atoms with van der Waals surface area (Å²) in [5, 5.41) is 14.3. The Morgan fingerprint density at radius 3 is 2.53 bits per heavy atom. The minimum Gasteiger partial charge on any atom is -0.375 e. The van der Waals surface area contributed by atoms with E-state index in [1.807, 2.05) is 6.92 Å². The average molecular weight is 278 g/mol. The molecule has 94 valence electrons. The molecule has 0 saturated carbocycles. The third-order valence-electron chi connectivity index (χ3n) is 2.37. The summed E-state index contributed by atoms with van der Waals surface area (Å²) >= 11 is 11.6. The third kappa shape index (κ3) is 3.46. The zero-order chi connectivity index (χ0) is 13.0. The number of nitro groups is 1. The van der Waals surface area contributed by atoms with Crippen LogP contribution < -0.4 is 11.1 Å². The number of benzene rings is 1. The molecule has 0 bridgehead atoms. The Bertz CT molecular complexity index is 422. The van der Waals surface area contributed by atoms with Crippen molar-refractivity contribution >= 4 is 34.6 Å². The molecule has 17 heavy (non-hydrogen) atoms. The van der Waals surface area contributed by atoms with Gasteiger partial charge in [-0.3, -0.25) is 10.1 Å². The van der Waals surface area contributed by atoms with Crippen LogP contribution in [0.15, 0.2) is 12.1 Å². The number of nitrogens with two attached hydrogens (primary N) is 1. The lowest BCUT2D eigenvalue weighted by Crippen LogP contribution is -2.28. The zero-order valence-electron chi connectivity index (χ0n) is 9.24. The Hall–Kier alpha value is -1.04. The molecule has 0 spiro atoms. The van der Waals surface area contributed by atoms with Crippen molar-refractivity contribution in [1.29, 1.82) is 0 Å². The number of halogens is 2. The summed E-state index contributed by atoms with van der Waals surface area (Å²) in [7, 11) is 0. The fraction of sp³-hybridized carbons (Fsp3) is 0.400. The molecule has 0 aromatic heterocycles. The number of nitrogens with zero attached hydrogens (tertiary/aromatic N) is 1. The van der Waals surface area contributed by atoms with E-state index < -0.39 is 4.92 Å². The van der Waals surface area contributed by atoms with Crippen molar-refractivity contribution in [2.45, 2.75) is 19.4 Å². The molecule has 0 aliphatic heterocycles. The van der Waals surface area contributed by atoms with Gasteiger partial charge in [0.2, 0.25) is 0 Å². The normalized spacial score (nSPS) is 12.2. The van der Waals surface area contributed by atoms with Crippen LogP contribution >= 0.6 is 23.2 Å². The fourth-order valence-corrected chi connectivity index (χ4v) is 1.67. The largest absolute Gasteiger partial charge is 0.375 e. The number of nitro benzene ring substituents is 1. The standard InChI is InChI=1S/C10H13Cl2N3O2/c1-2-6(5-13)14-9-3-7(11)8(12)4-10(9)15(16)17/h3-4,6,14H,2,5,13H2,1H3. The van der Waals surface area contributed by atoms with E-state index in [1.165, 1.54) is 12.1 Å². The third-order valence-corrected chi connectivity index (χ3v) is 3.09. The molecular weight excluding hydrogens is 265 g/mol. The van der Waals surface area contributed by atoms with Crippen LogP contribution in [0.3, 0.4) is 0 Å². The molecule has 1 aromatic rings. The Morgan fingerprint density at radius 1 is 1.47 bits per heavy atom. The van der Waals surface area contributed by atoms with Gasteiger partial charge in [-0.15, -0.1) is 0 Å². The number of anilines is 1. The van der Waals surface area contributed by atoms with Gasteiger partial charge in [0.25, 0.3) is 5.69 Å². The quantitative estimate of drug-likeness (QED) is 0.640. The van der Waals surface area contributed by atoms with Gasteiger partial charge >= 0.3 is 0 Å². The topological polar surface area (TPSA) is 81.2 Å². The first-order valence-corrected chi connectivity index (χ1v) is 5.85. The molecule has 0 saturated heterocycles. The summed E-state index contributed by atoms with van der Waals surface area (Å²) in [5.74, 6) is 0. The molecular formula is C10H13Cl2N3O2. The summed E-state index contributed by atoms with van der Waals surface area (Å²) in [4.78, 5) is 10.4. The van der Waals surface area contributed by atoms with Crippen molar-refractivity contribution in [2.75, 3.05) is 11.9 Å². The SMILES string of the molecule is CCC(CN)Nc1cc(Cl)c(Cl)cc1[N+](=O)[O-]. The van der Waals surface area contributed by atoms with Crippen molar-refractivity contribution < 1.29 is 4.92 Å². The van der Waals surface area contributed by atoms with Crippen molar-refractivity contribution in [3.63, 3.8) is 0 Å². The molecule has 7 heteroatoms. The Labute approximate surface area is 109 Å². The predicted molar refractivity (Wildman–Crippen MR) is 69.9 cm³/mol.